The normalized spacial score (nSPS) is 15.7. The van der Waals surface area contributed by atoms with Crippen LogP contribution in [0.3, 0.4) is 0 Å². The second-order valence-corrected chi connectivity index (χ2v) is 12.3. The Morgan fingerprint density at radius 2 is 1.63 bits per heavy atom. The first-order valence-electron chi connectivity index (χ1n) is 16.1. The monoisotopic (exact) mass is 673 g/mol. The van der Waals surface area contributed by atoms with Gasteiger partial charge in [-0.3, -0.25) is 24.3 Å². The van der Waals surface area contributed by atoms with Crippen molar-refractivity contribution in [3.63, 3.8) is 0 Å². The number of nitrogens with zero attached hydrogens (tertiary/aromatic N) is 2. The number of ether oxygens (including phenoxy) is 3. The average molecular weight is 674 g/mol. The van der Waals surface area contributed by atoms with Crippen LogP contribution in [-0.2, 0) is 14.4 Å². The molecule has 6 rings (SSSR count). The standard InChI is InChI=1S/C36H37F2N5O6/c1-39-33(44)20-43-14-9-22(10-15-43)21-48-32-19-28-26(18-31(32)47-2)29(8-13-40-28)49-30-7-6-25(17-27(30)38)42-35(46)36(11-12-36)34(45)41-24-5-3-4-23(37)16-24/h3-8,13,16-19,22H,9-12,14-15,20-21H2,1-2H3,(H,39,44)(H,41,45)(H,42,46). The number of benzene rings is 3. The van der Waals surface area contributed by atoms with E-state index in [1.807, 2.05) is 0 Å². The molecule has 3 N–H and O–H groups in total. The van der Waals surface area contributed by atoms with Gasteiger partial charge in [0.1, 0.15) is 17.0 Å². The summed E-state index contributed by atoms with van der Waals surface area (Å²) in [5.74, 6) is -0.801. The lowest BCUT2D eigenvalue weighted by atomic mass is 9.98. The molecule has 11 nitrogen and oxygen atoms in total. The molecule has 3 aromatic carbocycles. The lowest BCUT2D eigenvalue weighted by Gasteiger charge is -2.31. The van der Waals surface area contributed by atoms with Crippen LogP contribution < -0.4 is 30.2 Å². The maximum absolute atomic E-state index is 15.3. The summed E-state index contributed by atoms with van der Waals surface area (Å²) in [6.45, 7) is 2.51. The van der Waals surface area contributed by atoms with Crippen molar-refractivity contribution < 1.29 is 37.4 Å². The minimum Gasteiger partial charge on any atom is -0.493 e. The fraction of sp³-hybridized carbons (Fsp3) is 0.333. The van der Waals surface area contributed by atoms with Crippen LogP contribution in [-0.4, -0.2) is 68.0 Å². The Bertz CT molecular complexity index is 1880. The summed E-state index contributed by atoms with van der Waals surface area (Å²) in [6, 6.07) is 14.5. The third-order valence-electron chi connectivity index (χ3n) is 8.93. The largest absolute Gasteiger partial charge is 0.493 e. The lowest BCUT2D eigenvalue weighted by molar-refractivity contribution is -0.131. The molecule has 0 atom stereocenters. The van der Waals surface area contributed by atoms with E-state index in [4.69, 9.17) is 14.2 Å². The van der Waals surface area contributed by atoms with E-state index in [-0.39, 0.29) is 23.0 Å². The van der Waals surface area contributed by atoms with E-state index in [2.05, 4.69) is 25.8 Å². The van der Waals surface area contributed by atoms with Crippen molar-refractivity contribution in [1.82, 2.24) is 15.2 Å². The van der Waals surface area contributed by atoms with Gasteiger partial charge >= 0.3 is 0 Å². The molecule has 1 saturated heterocycles. The summed E-state index contributed by atoms with van der Waals surface area (Å²) in [5.41, 5.74) is -0.362. The Kier molecular flexibility index (Phi) is 9.90. The first-order chi connectivity index (χ1) is 23.7. The predicted octanol–water partition coefficient (Wildman–Crippen LogP) is 5.51. The fourth-order valence-electron chi connectivity index (χ4n) is 5.82. The zero-order valence-corrected chi connectivity index (χ0v) is 27.2. The number of hydrogen-bond donors (Lipinski definition) is 3. The van der Waals surface area contributed by atoms with Crippen LogP contribution in [0.5, 0.6) is 23.0 Å². The molecule has 1 saturated carbocycles. The number of aromatic nitrogens is 1. The summed E-state index contributed by atoms with van der Waals surface area (Å²) < 4.78 is 46.6. The second kappa shape index (κ2) is 14.4. The van der Waals surface area contributed by atoms with E-state index in [0.717, 1.165) is 32.0 Å². The van der Waals surface area contributed by atoms with Crippen molar-refractivity contribution in [3.8, 4) is 23.0 Å². The number of nitrogens with one attached hydrogen (secondary N) is 3. The van der Waals surface area contributed by atoms with Crippen molar-refractivity contribution in [2.24, 2.45) is 11.3 Å². The summed E-state index contributed by atoms with van der Waals surface area (Å²) in [5, 5.41) is 8.44. The Morgan fingerprint density at radius 1 is 0.898 bits per heavy atom. The van der Waals surface area contributed by atoms with Gasteiger partial charge in [0.25, 0.3) is 0 Å². The van der Waals surface area contributed by atoms with Crippen LogP contribution >= 0.6 is 0 Å². The number of hydrogen-bond acceptors (Lipinski definition) is 8. The van der Waals surface area contributed by atoms with Crippen LogP contribution in [0.1, 0.15) is 25.7 Å². The lowest BCUT2D eigenvalue weighted by Crippen LogP contribution is -2.41. The topological polar surface area (TPSA) is 131 Å². The van der Waals surface area contributed by atoms with Crippen molar-refractivity contribution in [1.29, 1.82) is 0 Å². The molecule has 1 aliphatic heterocycles. The summed E-state index contributed by atoms with van der Waals surface area (Å²) in [4.78, 5) is 44.2. The van der Waals surface area contributed by atoms with E-state index in [0.29, 0.717) is 60.1 Å². The molecule has 4 aromatic rings. The number of likely N-dealkylation sites (tertiary alicyclic amines) is 1. The van der Waals surface area contributed by atoms with Gasteiger partial charge in [-0.1, -0.05) is 6.07 Å². The molecule has 0 radical (unpaired) electrons. The van der Waals surface area contributed by atoms with Crippen molar-refractivity contribution in [2.75, 3.05) is 51.0 Å². The van der Waals surface area contributed by atoms with Gasteiger partial charge in [-0.15, -0.1) is 0 Å². The molecule has 0 bridgehead atoms. The van der Waals surface area contributed by atoms with Crippen LogP contribution in [0, 0.1) is 23.0 Å². The molecule has 256 valence electrons. The number of rotatable bonds is 12. The molecule has 0 spiro atoms. The minimum absolute atomic E-state index is 0.00428. The van der Waals surface area contributed by atoms with Gasteiger partial charge in [-0.25, -0.2) is 8.78 Å². The molecule has 1 aliphatic carbocycles. The van der Waals surface area contributed by atoms with E-state index in [9.17, 15) is 18.8 Å². The number of amides is 3. The first-order valence-corrected chi connectivity index (χ1v) is 16.1. The number of methoxy groups -OCH3 is 1. The third-order valence-corrected chi connectivity index (χ3v) is 8.93. The van der Waals surface area contributed by atoms with E-state index in [1.54, 1.807) is 31.4 Å². The number of anilines is 2. The first kappa shape index (κ1) is 33.6. The number of likely N-dealkylation sites (N-methyl/N-ethyl adjacent to an activating group) is 1. The van der Waals surface area contributed by atoms with Crippen molar-refractivity contribution >= 4 is 40.0 Å². The van der Waals surface area contributed by atoms with Crippen LogP contribution in [0.2, 0.25) is 0 Å². The molecule has 49 heavy (non-hydrogen) atoms. The van der Waals surface area contributed by atoms with Gasteiger partial charge in [-0.2, -0.15) is 0 Å². The zero-order valence-electron chi connectivity index (χ0n) is 27.2. The molecule has 13 heteroatoms. The van der Waals surface area contributed by atoms with E-state index >= 15 is 4.39 Å². The molecule has 2 aliphatic rings. The Labute approximate surface area is 281 Å². The number of piperidine rings is 1. The van der Waals surface area contributed by atoms with Gasteiger partial charge in [0.15, 0.2) is 23.1 Å². The molecule has 1 aromatic heterocycles. The SMILES string of the molecule is CNC(=O)CN1CCC(COc2cc3nccc(Oc4ccc(NC(=O)C5(C(=O)Nc6cccc(F)c6)CC5)cc4F)c3cc2OC)CC1. The zero-order chi connectivity index (χ0) is 34.5. The van der Waals surface area contributed by atoms with Crippen molar-refractivity contribution in [3.05, 3.63) is 78.5 Å². The Balaban J connectivity index is 1.09. The maximum Gasteiger partial charge on any atom is 0.240 e. The number of fused-ring (bicyclic) bond motifs is 1. The quantitative estimate of drug-likeness (QED) is 0.168. The maximum atomic E-state index is 15.3. The molecule has 0 unspecified atom stereocenters. The van der Waals surface area contributed by atoms with E-state index in [1.165, 1.54) is 43.5 Å². The van der Waals surface area contributed by atoms with Crippen LogP contribution in [0.4, 0.5) is 20.2 Å². The molecular weight excluding hydrogens is 636 g/mol. The van der Waals surface area contributed by atoms with E-state index < -0.39 is 28.9 Å². The summed E-state index contributed by atoms with van der Waals surface area (Å²) in [7, 11) is 3.17. The van der Waals surface area contributed by atoms with Crippen LogP contribution in [0.25, 0.3) is 10.9 Å². The fourth-order valence-corrected chi connectivity index (χ4v) is 5.82. The van der Waals surface area contributed by atoms with Crippen LogP contribution in [0.15, 0.2) is 66.9 Å². The average Bonchev–Trinajstić information content (AvgIpc) is 3.91. The van der Waals surface area contributed by atoms with Gasteiger partial charge in [0.2, 0.25) is 17.7 Å². The number of carbonyl (C=O) groups is 3. The van der Waals surface area contributed by atoms with Gasteiger partial charge in [0, 0.05) is 42.1 Å². The second-order valence-electron chi connectivity index (χ2n) is 12.3. The molecule has 2 heterocycles. The summed E-state index contributed by atoms with van der Waals surface area (Å²) in [6.07, 6.45) is 3.99. The third kappa shape index (κ3) is 7.72. The van der Waals surface area contributed by atoms with Gasteiger partial charge < -0.3 is 30.2 Å². The highest BCUT2D eigenvalue weighted by Crippen LogP contribution is 2.48. The Morgan fingerprint density at radius 3 is 2.29 bits per heavy atom. The predicted molar refractivity (Wildman–Crippen MR) is 179 cm³/mol. The molecular formula is C36H37F2N5O6. The smallest absolute Gasteiger partial charge is 0.240 e. The highest BCUT2D eigenvalue weighted by Gasteiger charge is 2.56. The summed E-state index contributed by atoms with van der Waals surface area (Å²) >= 11 is 0. The Hall–Kier alpha value is -5.30. The molecule has 2 fully saturated rings. The highest BCUT2D eigenvalue weighted by atomic mass is 19.1. The van der Waals surface area contributed by atoms with Gasteiger partial charge in [0.05, 0.1) is 25.8 Å². The van der Waals surface area contributed by atoms with Crippen molar-refractivity contribution in [2.45, 2.75) is 25.7 Å². The highest BCUT2D eigenvalue weighted by molar-refractivity contribution is 6.16. The number of pyridine rings is 1. The molecule has 3 amide bonds. The number of halogens is 2. The minimum atomic E-state index is -1.32. The number of carbonyl (C=O) groups excluding carboxylic acids is 3. The van der Waals surface area contributed by atoms with Gasteiger partial charge in [-0.05, 0) is 87.2 Å².